The van der Waals surface area contributed by atoms with E-state index in [0.717, 1.165) is 11.3 Å². The van der Waals surface area contributed by atoms with Crippen molar-refractivity contribution >= 4 is 10.0 Å². The van der Waals surface area contributed by atoms with Crippen molar-refractivity contribution in [3.05, 3.63) is 29.5 Å². The number of methoxy groups -OCH3 is 1. The second-order valence-electron chi connectivity index (χ2n) is 6.44. The van der Waals surface area contributed by atoms with Gasteiger partial charge in [-0.15, -0.1) is 0 Å². The Morgan fingerprint density at radius 3 is 2.35 bits per heavy atom. The van der Waals surface area contributed by atoms with E-state index in [-0.39, 0.29) is 10.6 Å². The first kappa shape index (κ1) is 17.5. The molecule has 0 aliphatic carbocycles. The Morgan fingerprint density at radius 1 is 1.22 bits per heavy atom. The van der Waals surface area contributed by atoms with Crippen LogP contribution in [0.2, 0.25) is 0 Å². The lowest BCUT2D eigenvalue weighted by Crippen LogP contribution is -2.40. The maximum Gasteiger partial charge on any atom is 0.244 e. The summed E-state index contributed by atoms with van der Waals surface area (Å²) < 4.78 is 38.5. The Balaban J connectivity index is 2.59. The van der Waals surface area contributed by atoms with Crippen LogP contribution in [0.4, 0.5) is 0 Å². The quantitative estimate of drug-likeness (QED) is 0.926. The Bertz CT molecular complexity index is 817. The van der Waals surface area contributed by atoms with E-state index in [0.29, 0.717) is 11.3 Å². The Morgan fingerprint density at radius 2 is 1.87 bits per heavy atom. The molecule has 0 fully saturated rings. The number of hydrogen-bond acceptors (Lipinski definition) is 5. The molecule has 0 aliphatic rings. The van der Waals surface area contributed by atoms with Crippen LogP contribution in [0.1, 0.15) is 32.0 Å². The third-order valence-corrected chi connectivity index (χ3v) is 5.09. The normalized spacial score (nSPS) is 12.4. The van der Waals surface area contributed by atoms with Crippen molar-refractivity contribution in [3.63, 3.8) is 0 Å². The highest BCUT2D eigenvalue weighted by Gasteiger charge is 2.26. The largest absolute Gasteiger partial charge is 0.495 e. The van der Waals surface area contributed by atoms with Crippen molar-refractivity contribution in [2.45, 2.75) is 45.1 Å². The fourth-order valence-electron chi connectivity index (χ4n) is 2.17. The molecule has 0 saturated carbocycles. The Hall–Kier alpha value is -1.86. The van der Waals surface area contributed by atoms with E-state index in [1.165, 1.54) is 7.11 Å². The van der Waals surface area contributed by atoms with Gasteiger partial charge in [0.1, 0.15) is 10.6 Å². The Labute approximate surface area is 136 Å². The maximum absolute atomic E-state index is 12.7. The van der Waals surface area contributed by atoms with Crippen molar-refractivity contribution in [1.29, 1.82) is 0 Å². The molecule has 1 N–H and O–H groups in total. The molecule has 1 aromatic heterocycles. The topological polar surface area (TPSA) is 81.4 Å². The van der Waals surface area contributed by atoms with Crippen molar-refractivity contribution in [1.82, 2.24) is 9.88 Å². The average molecular weight is 338 g/mol. The number of aromatic nitrogens is 1. The van der Waals surface area contributed by atoms with E-state index >= 15 is 0 Å². The molecule has 0 aliphatic heterocycles. The molecule has 7 heteroatoms. The molecular formula is C16H22N2O4S. The van der Waals surface area contributed by atoms with E-state index in [4.69, 9.17) is 9.26 Å². The molecule has 6 nitrogen and oxygen atoms in total. The van der Waals surface area contributed by atoms with Gasteiger partial charge in [-0.1, -0.05) is 5.16 Å². The Kier molecular flexibility index (Phi) is 4.54. The zero-order chi connectivity index (χ0) is 17.4. The lowest BCUT2D eigenvalue weighted by atomic mass is 10.1. The predicted molar refractivity (Wildman–Crippen MR) is 88.0 cm³/mol. The first-order chi connectivity index (χ1) is 10.5. The van der Waals surface area contributed by atoms with Gasteiger partial charge in [-0.2, -0.15) is 0 Å². The molecule has 0 atom stereocenters. The van der Waals surface area contributed by atoms with Crippen LogP contribution in [0.3, 0.4) is 0 Å². The molecular weight excluding hydrogens is 316 g/mol. The third-order valence-electron chi connectivity index (χ3n) is 3.31. The molecule has 23 heavy (non-hydrogen) atoms. The molecule has 1 heterocycles. The number of aryl methyl sites for hydroxylation is 1. The van der Waals surface area contributed by atoms with Gasteiger partial charge >= 0.3 is 0 Å². The predicted octanol–water partition coefficient (Wildman–Crippen LogP) is 3.04. The summed E-state index contributed by atoms with van der Waals surface area (Å²) in [5.74, 6) is 0.830. The van der Waals surface area contributed by atoms with Gasteiger partial charge in [-0.05, 0) is 52.8 Å². The van der Waals surface area contributed by atoms with Crippen LogP contribution < -0.4 is 9.46 Å². The van der Waals surface area contributed by atoms with Crippen LogP contribution in [0.15, 0.2) is 27.6 Å². The number of nitrogens with zero attached hydrogens (tertiary/aromatic N) is 1. The standard InChI is InChI=1S/C16H22N2O4S/c1-10-11(2)17-22-15(10)12-7-8-13(21-6)14(9-12)23(19,20)18-16(3,4)5/h7-9,18H,1-6H3. The highest BCUT2D eigenvalue weighted by Crippen LogP contribution is 2.32. The van der Waals surface area contributed by atoms with Gasteiger partial charge in [0.2, 0.25) is 10.0 Å². The van der Waals surface area contributed by atoms with Gasteiger partial charge in [0.15, 0.2) is 5.76 Å². The first-order valence-electron chi connectivity index (χ1n) is 7.20. The summed E-state index contributed by atoms with van der Waals surface area (Å²) >= 11 is 0. The van der Waals surface area contributed by atoms with Gasteiger partial charge in [-0.3, -0.25) is 0 Å². The summed E-state index contributed by atoms with van der Waals surface area (Å²) in [6.45, 7) is 9.07. The number of nitrogens with one attached hydrogen (secondary N) is 1. The SMILES string of the molecule is COc1ccc(-c2onc(C)c2C)cc1S(=O)(=O)NC(C)(C)C. The van der Waals surface area contributed by atoms with Crippen LogP contribution in [0, 0.1) is 13.8 Å². The number of sulfonamides is 1. The molecule has 2 rings (SSSR count). The van der Waals surface area contributed by atoms with Crippen molar-refractivity contribution in [2.24, 2.45) is 0 Å². The number of ether oxygens (including phenoxy) is 1. The maximum atomic E-state index is 12.7. The van der Waals surface area contributed by atoms with Gasteiger partial charge in [0.05, 0.1) is 12.8 Å². The number of hydrogen-bond donors (Lipinski definition) is 1. The van der Waals surface area contributed by atoms with E-state index in [9.17, 15) is 8.42 Å². The van der Waals surface area contributed by atoms with E-state index in [1.54, 1.807) is 39.0 Å². The van der Waals surface area contributed by atoms with Crippen LogP contribution >= 0.6 is 0 Å². The smallest absolute Gasteiger partial charge is 0.244 e. The fourth-order valence-corrected chi connectivity index (χ4v) is 3.79. The number of rotatable bonds is 4. The molecule has 0 saturated heterocycles. The summed E-state index contributed by atoms with van der Waals surface area (Å²) in [6, 6.07) is 4.91. The molecule has 126 valence electrons. The minimum Gasteiger partial charge on any atom is -0.495 e. The van der Waals surface area contributed by atoms with Crippen molar-refractivity contribution in [2.75, 3.05) is 7.11 Å². The molecule has 0 unspecified atom stereocenters. The second kappa shape index (κ2) is 5.98. The third kappa shape index (κ3) is 3.73. The van der Waals surface area contributed by atoms with Crippen LogP contribution in [-0.4, -0.2) is 26.2 Å². The lowest BCUT2D eigenvalue weighted by Gasteiger charge is -2.21. The van der Waals surface area contributed by atoms with Crippen LogP contribution in [0.25, 0.3) is 11.3 Å². The highest BCUT2D eigenvalue weighted by molar-refractivity contribution is 7.89. The average Bonchev–Trinajstić information content (AvgIpc) is 2.76. The molecule has 1 aromatic carbocycles. The summed E-state index contributed by atoms with van der Waals surface area (Å²) in [5.41, 5.74) is 1.69. The molecule has 0 bridgehead atoms. The lowest BCUT2D eigenvalue weighted by molar-refractivity contribution is 0.400. The van der Waals surface area contributed by atoms with Gasteiger partial charge in [0, 0.05) is 16.7 Å². The van der Waals surface area contributed by atoms with Crippen LogP contribution in [0.5, 0.6) is 5.75 Å². The van der Waals surface area contributed by atoms with Crippen molar-refractivity contribution < 1.29 is 17.7 Å². The minimum atomic E-state index is -3.73. The molecule has 2 aromatic rings. The zero-order valence-corrected chi connectivity index (χ0v) is 15.0. The first-order valence-corrected chi connectivity index (χ1v) is 8.69. The monoisotopic (exact) mass is 338 g/mol. The summed E-state index contributed by atoms with van der Waals surface area (Å²) in [5, 5.41) is 3.92. The minimum absolute atomic E-state index is 0.0703. The highest BCUT2D eigenvalue weighted by atomic mass is 32.2. The van der Waals surface area contributed by atoms with E-state index < -0.39 is 15.6 Å². The zero-order valence-electron chi connectivity index (χ0n) is 14.2. The van der Waals surface area contributed by atoms with E-state index in [2.05, 4.69) is 9.88 Å². The molecule has 0 spiro atoms. The van der Waals surface area contributed by atoms with E-state index in [1.807, 2.05) is 13.8 Å². The summed E-state index contributed by atoms with van der Waals surface area (Å²) in [4.78, 5) is 0.0703. The summed E-state index contributed by atoms with van der Waals surface area (Å²) in [7, 11) is -2.29. The molecule has 0 radical (unpaired) electrons. The van der Waals surface area contributed by atoms with Gasteiger partial charge in [-0.25, -0.2) is 13.1 Å². The molecule has 0 amide bonds. The van der Waals surface area contributed by atoms with Gasteiger partial charge in [0.25, 0.3) is 0 Å². The van der Waals surface area contributed by atoms with Crippen LogP contribution in [-0.2, 0) is 10.0 Å². The second-order valence-corrected chi connectivity index (χ2v) is 8.09. The summed E-state index contributed by atoms with van der Waals surface area (Å²) in [6.07, 6.45) is 0. The number of benzene rings is 1. The fraction of sp³-hybridized carbons (Fsp3) is 0.438. The van der Waals surface area contributed by atoms with Gasteiger partial charge < -0.3 is 9.26 Å². The van der Waals surface area contributed by atoms with Crippen molar-refractivity contribution in [3.8, 4) is 17.1 Å².